The average Bonchev–Trinajstić information content (AvgIpc) is 2.38. The van der Waals surface area contributed by atoms with Crippen LogP contribution in [0, 0.1) is 5.92 Å². The van der Waals surface area contributed by atoms with Crippen molar-refractivity contribution in [1.29, 1.82) is 0 Å². The van der Waals surface area contributed by atoms with Crippen LogP contribution in [0.3, 0.4) is 0 Å². The molecule has 2 unspecified atom stereocenters. The third kappa shape index (κ3) is 1.60. The van der Waals surface area contributed by atoms with E-state index in [-0.39, 0.29) is 11.9 Å². The zero-order valence-corrected chi connectivity index (χ0v) is 10.3. The fourth-order valence-corrected chi connectivity index (χ4v) is 2.48. The van der Waals surface area contributed by atoms with Crippen LogP contribution in [0.2, 0.25) is 0 Å². The van der Waals surface area contributed by atoms with Gasteiger partial charge in [0.15, 0.2) is 5.54 Å². The summed E-state index contributed by atoms with van der Waals surface area (Å²) in [7, 11) is 3.18. The highest BCUT2D eigenvalue weighted by Gasteiger charge is 2.49. The summed E-state index contributed by atoms with van der Waals surface area (Å²) in [5.74, 6) is 0.475. The van der Waals surface area contributed by atoms with Crippen molar-refractivity contribution in [3.8, 4) is 5.75 Å². The molecule has 0 bridgehead atoms. The van der Waals surface area contributed by atoms with Crippen LogP contribution in [0.5, 0.6) is 5.75 Å². The van der Waals surface area contributed by atoms with Gasteiger partial charge in [-0.25, -0.2) is 4.79 Å². The van der Waals surface area contributed by atoms with Crippen LogP contribution >= 0.6 is 0 Å². The highest BCUT2D eigenvalue weighted by atomic mass is 16.5. The number of fused-ring (bicyclic) bond motifs is 1. The number of carbonyl (C=O) groups excluding carboxylic acids is 1. The molecule has 0 aliphatic carbocycles. The van der Waals surface area contributed by atoms with Gasteiger partial charge in [-0.05, 0) is 13.1 Å². The summed E-state index contributed by atoms with van der Waals surface area (Å²) in [5.41, 5.74) is 0.0250. The van der Waals surface area contributed by atoms with E-state index in [0.717, 1.165) is 11.3 Å². The lowest BCUT2D eigenvalue weighted by Crippen LogP contribution is -2.56. The lowest BCUT2D eigenvalue weighted by Gasteiger charge is -2.40. The second kappa shape index (κ2) is 4.37. The number of esters is 1. The number of likely N-dealkylation sites (N-methyl/N-ethyl adjacent to an activating group) is 1. The molecule has 1 aliphatic rings. The van der Waals surface area contributed by atoms with Crippen molar-refractivity contribution in [2.75, 3.05) is 20.8 Å². The first-order valence-electron chi connectivity index (χ1n) is 5.66. The maximum Gasteiger partial charge on any atom is 0.331 e. The second-order valence-electron chi connectivity index (χ2n) is 4.26. The minimum atomic E-state index is -0.816. The van der Waals surface area contributed by atoms with Gasteiger partial charge in [-0.1, -0.05) is 25.1 Å². The first-order valence-corrected chi connectivity index (χ1v) is 5.66. The summed E-state index contributed by atoms with van der Waals surface area (Å²) in [6.07, 6.45) is 0. The van der Waals surface area contributed by atoms with Gasteiger partial charge in [-0.3, -0.25) is 0 Å². The normalized spacial score (nSPS) is 26.9. The molecule has 17 heavy (non-hydrogen) atoms. The van der Waals surface area contributed by atoms with E-state index in [2.05, 4.69) is 5.32 Å². The Kier molecular flexibility index (Phi) is 3.07. The van der Waals surface area contributed by atoms with Crippen molar-refractivity contribution in [3.05, 3.63) is 29.8 Å². The average molecular weight is 235 g/mol. The molecule has 2 rings (SSSR count). The van der Waals surface area contributed by atoms with Crippen LogP contribution < -0.4 is 10.1 Å². The monoisotopic (exact) mass is 235 g/mol. The topological polar surface area (TPSA) is 47.6 Å². The summed E-state index contributed by atoms with van der Waals surface area (Å²) in [4.78, 5) is 12.2. The molecule has 0 radical (unpaired) electrons. The predicted octanol–water partition coefficient (Wildman–Crippen LogP) is 1.30. The number of benzene rings is 1. The smallest absolute Gasteiger partial charge is 0.331 e. The lowest BCUT2D eigenvalue weighted by molar-refractivity contribution is -0.153. The molecule has 1 aromatic rings. The quantitative estimate of drug-likeness (QED) is 0.785. The molecule has 1 aromatic carbocycles. The number of hydrogen-bond donors (Lipinski definition) is 1. The van der Waals surface area contributed by atoms with Crippen molar-refractivity contribution in [2.24, 2.45) is 5.92 Å². The number of para-hydroxylation sites is 1. The van der Waals surface area contributed by atoms with Gasteiger partial charge in [0, 0.05) is 11.5 Å². The van der Waals surface area contributed by atoms with Crippen molar-refractivity contribution in [2.45, 2.75) is 12.5 Å². The van der Waals surface area contributed by atoms with E-state index >= 15 is 0 Å². The summed E-state index contributed by atoms with van der Waals surface area (Å²) in [6.45, 7) is 2.47. The Morgan fingerprint density at radius 3 is 2.88 bits per heavy atom. The standard InChI is InChI=1S/C13H17NO3/c1-9-8-17-11-7-5-4-6-10(11)13(9,14-2)12(15)16-3/h4-7,9,14H,8H2,1-3H3. The number of rotatable bonds is 2. The zero-order valence-electron chi connectivity index (χ0n) is 10.3. The van der Waals surface area contributed by atoms with Crippen LogP contribution in [-0.4, -0.2) is 26.7 Å². The van der Waals surface area contributed by atoms with Gasteiger partial charge in [0.1, 0.15) is 5.75 Å². The van der Waals surface area contributed by atoms with Gasteiger partial charge in [-0.2, -0.15) is 0 Å². The Labute approximate surface area is 101 Å². The van der Waals surface area contributed by atoms with E-state index in [0.29, 0.717) is 6.61 Å². The predicted molar refractivity (Wildman–Crippen MR) is 63.9 cm³/mol. The van der Waals surface area contributed by atoms with Gasteiger partial charge in [0.25, 0.3) is 0 Å². The molecule has 1 N–H and O–H groups in total. The van der Waals surface area contributed by atoms with E-state index in [1.807, 2.05) is 31.2 Å². The Morgan fingerprint density at radius 1 is 1.53 bits per heavy atom. The third-order valence-corrected chi connectivity index (χ3v) is 3.44. The van der Waals surface area contributed by atoms with Crippen LogP contribution in [0.25, 0.3) is 0 Å². The van der Waals surface area contributed by atoms with E-state index in [1.165, 1.54) is 7.11 Å². The molecule has 0 saturated heterocycles. The molecule has 0 aromatic heterocycles. The van der Waals surface area contributed by atoms with E-state index in [9.17, 15) is 4.79 Å². The summed E-state index contributed by atoms with van der Waals surface area (Å²) < 4.78 is 10.6. The van der Waals surface area contributed by atoms with Gasteiger partial charge in [0.05, 0.1) is 13.7 Å². The van der Waals surface area contributed by atoms with Crippen molar-refractivity contribution >= 4 is 5.97 Å². The molecule has 0 spiro atoms. The van der Waals surface area contributed by atoms with Crippen molar-refractivity contribution < 1.29 is 14.3 Å². The fourth-order valence-electron chi connectivity index (χ4n) is 2.48. The third-order valence-electron chi connectivity index (χ3n) is 3.44. The highest BCUT2D eigenvalue weighted by Crippen LogP contribution is 2.40. The van der Waals surface area contributed by atoms with Crippen LogP contribution in [0.15, 0.2) is 24.3 Å². The molecule has 0 fully saturated rings. The number of ether oxygens (including phenoxy) is 2. The van der Waals surface area contributed by atoms with Gasteiger partial charge in [-0.15, -0.1) is 0 Å². The number of carbonyl (C=O) groups is 1. The first kappa shape index (κ1) is 11.9. The molecule has 4 nitrogen and oxygen atoms in total. The molecule has 2 atom stereocenters. The molecular weight excluding hydrogens is 218 g/mol. The Bertz CT molecular complexity index is 432. The zero-order chi connectivity index (χ0) is 12.5. The Morgan fingerprint density at radius 2 is 2.24 bits per heavy atom. The fraction of sp³-hybridized carbons (Fsp3) is 0.462. The number of methoxy groups -OCH3 is 1. The Hall–Kier alpha value is -1.55. The maximum absolute atomic E-state index is 12.2. The highest BCUT2D eigenvalue weighted by molar-refractivity contribution is 5.84. The minimum Gasteiger partial charge on any atom is -0.493 e. The number of nitrogens with one attached hydrogen (secondary N) is 1. The van der Waals surface area contributed by atoms with Gasteiger partial charge >= 0.3 is 5.97 Å². The molecule has 92 valence electrons. The summed E-state index contributed by atoms with van der Waals surface area (Å²) in [6, 6.07) is 7.57. The SMILES string of the molecule is CNC1(C(=O)OC)c2ccccc2OCC1C. The molecular formula is C13H17NO3. The second-order valence-corrected chi connectivity index (χ2v) is 4.26. The van der Waals surface area contributed by atoms with Crippen molar-refractivity contribution in [1.82, 2.24) is 5.32 Å². The van der Waals surface area contributed by atoms with Crippen LogP contribution in [0.4, 0.5) is 0 Å². The van der Waals surface area contributed by atoms with E-state index in [1.54, 1.807) is 7.05 Å². The number of hydrogen-bond acceptors (Lipinski definition) is 4. The molecule has 1 heterocycles. The molecule has 0 amide bonds. The Balaban J connectivity index is 2.60. The molecule has 0 saturated carbocycles. The minimum absolute atomic E-state index is 0.00912. The molecule has 4 heteroatoms. The van der Waals surface area contributed by atoms with Gasteiger partial charge < -0.3 is 14.8 Å². The van der Waals surface area contributed by atoms with Crippen LogP contribution in [0.1, 0.15) is 12.5 Å². The van der Waals surface area contributed by atoms with Crippen LogP contribution in [-0.2, 0) is 15.1 Å². The summed E-state index contributed by atoms with van der Waals surface area (Å²) in [5, 5.41) is 3.12. The molecule has 1 aliphatic heterocycles. The van der Waals surface area contributed by atoms with E-state index < -0.39 is 5.54 Å². The van der Waals surface area contributed by atoms with Crippen molar-refractivity contribution in [3.63, 3.8) is 0 Å². The maximum atomic E-state index is 12.2. The first-order chi connectivity index (χ1) is 8.16. The van der Waals surface area contributed by atoms with Gasteiger partial charge in [0.2, 0.25) is 0 Å². The lowest BCUT2D eigenvalue weighted by atomic mass is 9.77. The largest absolute Gasteiger partial charge is 0.493 e. The van der Waals surface area contributed by atoms with E-state index in [4.69, 9.17) is 9.47 Å². The summed E-state index contributed by atoms with van der Waals surface area (Å²) >= 11 is 0.